The van der Waals surface area contributed by atoms with E-state index in [9.17, 15) is 4.79 Å². The fourth-order valence-electron chi connectivity index (χ4n) is 6.18. The number of halogens is 1. The van der Waals surface area contributed by atoms with Crippen molar-refractivity contribution < 1.29 is 4.79 Å². The predicted octanol–water partition coefficient (Wildman–Crippen LogP) is 9.02. The van der Waals surface area contributed by atoms with Gasteiger partial charge >= 0.3 is 0 Å². The average molecular weight is 596 g/mol. The van der Waals surface area contributed by atoms with Crippen LogP contribution in [0, 0.1) is 20.8 Å². The molecule has 1 amide bonds. The summed E-state index contributed by atoms with van der Waals surface area (Å²) in [5.41, 5.74) is 16.9. The zero-order chi connectivity index (χ0) is 31.0. The van der Waals surface area contributed by atoms with Crippen LogP contribution in [0.4, 0.5) is 0 Å². The van der Waals surface area contributed by atoms with E-state index in [0.717, 1.165) is 91.1 Å². The Morgan fingerprint density at radius 2 is 1.51 bits per heavy atom. The van der Waals surface area contributed by atoms with Crippen LogP contribution in [-0.2, 0) is 4.79 Å². The summed E-state index contributed by atoms with van der Waals surface area (Å²) in [6.45, 7) is 17.6. The van der Waals surface area contributed by atoms with E-state index in [1.165, 1.54) is 11.1 Å². The topological polar surface area (TPSA) is 77.7 Å². The molecule has 2 N–H and O–H groups in total. The SMILES string of the molecule is C=Cc1c(C)c2cc3nc(c(C)c4cc(C)c(cc5nc(cc1[nH]2)C(C)=C5CC)[nH]4)C(CCC(=O)N(C)CCCCl)=C3C. The van der Waals surface area contributed by atoms with Gasteiger partial charge < -0.3 is 14.9 Å². The van der Waals surface area contributed by atoms with Gasteiger partial charge in [-0.3, -0.25) is 4.79 Å². The Hall–Kier alpha value is -3.90. The molecule has 3 aromatic heterocycles. The van der Waals surface area contributed by atoms with Crippen molar-refractivity contribution in [2.45, 2.75) is 67.2 Å². The molecule has 0 fully saturated rings. The molecule has 2 aliphatic heterocycles. The van der Waals surface area contributed by atoms with Gasteiger partial charge in [-0.05, 0) is 117 Å². The molecule has 6 nitrogen and oxygen atoms in total. The minimum atomic E-state index is 0.116. The van der Waals surface area contributed by atoms with Gasteiger partial charge in [-0.1, -0.05) is 19.6 Å². The number of aromatic nitrogens is 4. The number of amides is 1. The fourth-order valence-corrected chi connectivity index (χ4v) is 6.30. The molecule has 0 saturated heterocycles. The highest BCUT2D eigenvalue weighted by molar-refractivity contribution is 6.17. The maximum atomic E-state index is 13.0. The summed E-state index contributed by atoms with van der Waals surface area (Å²) in [5, 5.41) is 0. The number of alkyl halides is 1. The van der Waals surface area contributed by atoms with Crippen LogP contribution in [0.25, 0.3) is 50.4 Å². The van der Waals surface area contributed by atoms with Crippen molar-refractivity contribution in [1.29, 1.82) is 0 Å². The van der Waals surface area contributed by atoms with Crippen LogP contribution >= 0.6 is 11.6 Å². The molecule has 0 saturated carbocycles. The number of aryl methyl sites for hydroxylation is 3. The van der Waals surface area contributed by atoms with Gasteiger partial charge in [0.1, 0.15) is 0 Å². The lowest BCUT2D eigenvalue weighted by molar-refractivity contribution is -0.129. The normalized spacial score (nSPS) is 13.2. The summed E-state index contributed by atoms with van der Waals surface area (Å²) in [6.07, 6.45) is 4.62. The van der Waals surface area contributed by atoms with E-state index in [-0.39, 0.29) is 5.91 Å². The fraction of sp³-hybridized carbons (Fsp3) is 0.361. The number of rotatable bonds is 8. The number of hydrogen-bond acceptors (Lipinski definition) is 3. The van der Waals surface area contributed by atoms with Gasteiger partial charge in [0.05, 0.1) is 22.8 Å². The highest BCUT2D eigenvalue weighted by Gasteiger charge is 2.22. The number of nitrogens with zero attached hydrogens (tertiary/aromatic N) is 3. The molecule has 0 aromatic carbocycles. The molecule has 5 rings (SSSR count). The van der Waals surface area contributed by atoms with E-state index in [1.807, 2.05) is 13.1 Å². The molecule has 0 atom stereocenters. The summed E-state index contributed by atoms with van der Waals surface area (Å²) >= 11 is 5.87. The summed E-state index contributed by atoms with van der Waals surface area (Å²) in [5.74, 6) is 0.661. The van der Waals surface area contributed by atoms with E-state index >= 15 is 0 Å². The third-order valence-corrected chi connectivity index (χ3v) is 9.23. The largest absolute Gasteiger partial charge is 0.355 e. The highest BCUT2D eigenvalue weighted by atomic mass is 35.5. The van der Waals surface area contributed by atoms with Crippen LogP contribution < -0.4 is 0 Å². The summed E-state index contributed by atoms with van der Waals surface area (Å²) in [6, 6.07) is 8.62. The molecule has 5 heterocycles. The van der Waals surface area contributed by atoms with E-state index in [0.29, 0.717) is 25.3 Å². The van der Waals surface area contributed by atoms with Crippen molar-refractivity contribution in [3.05, 3.63) is 75.9 Å². The van der Waals surface area contributed by atoms with Crippen molar-refractivity contribution >= 4 is 67.9 Å². The molecular weight excluding hydrogens is 554 g/mol. The number of H-pyrrole nitrogens is 2. The smallest absolute Gasteiger partial charge is 0.222 e. The third kappa shape index (κ3) is 5.73. The second-order valence-electron chi connectivity index (χ2n) is 11.7. The first-order valence-electron chi connectivity index (χ1n) is 15.1. The Bertz CT molecular complexity index is 1850. The van der Waals surface area contributed by atoms with Gasteiger partial charge in [0.2, 0.25) is 5.91 Å². The van der Waals surface area contributed by atoms with E-state index in [2.05, 4.69) is 82.4 Å². The molecule has 2 aliphatic rings. The molecule has 0 spiro atoms. The molecule has 43 heavy (non-hydrogen) atoms. The van der Waals surface area contributed by atoms with Crippen LogP contribution in [0.2, 0.25) is 0 Å². The number of aromatic amines is 2. The Labute approximate surface area is 259 Å². The Kier molecular flexibility index (Phi) is 8.79. The van der Waals surface area contributed by atoms with Crippen LogP contribution in [0.5, 0.6) is 0 Å². The molecule has 0 radical (unpaired) electrons. The lowest BCUT2D eigenvalue weighted by Crippen LogP contribution is -2.27. The Morgan fingerprint density at radius 3 is 2.21 bits per heavy atom. The minimum Gasteiger partial charge on any atom is -0.355 e. The van der Waals surface area contributed by atoms with Gasteiger partial charge in [-0.2, -0.15) is 0 Å². The van der Waals surface area contributed by atoms with E-state index < -0.39 is 0 Å². The van der Waals surface area contributed by atoms with Gasteiger partial charge in [0, 0.05) is 53.5 Å². The van der Waals surface area contributed by atoms with Crippen molar-refractivity contribution in [3.63, 3.8) is 0 Å². The second kappa shape index (κ2) is 12.4. The molecule has 3 aromatic rings. The predicted molar refractivity (Wildman–Crippen MR) is 183 cm³/mol. The van der Waals surface area contributed by atoms with Crippen molar-refractivity contribution in [3.8, 4) is 0 Å². The van der Waals surface area contributed by atoms with Crippen LogP contribution in [0.3, 0.4) is 0 Å². The number of hydrogen-bond donors (Lipinski definition) is 2. The summed E-state index contributed by atoms with van der Waals surface area (Å²) in [7, 11) is 1.85. The average Bonchev–Trinajstić information content (AvgIpc) is 3.68. The molecule has 0 unspecified atom stereocenters. The maximum Gasteiger partial charge on any atom is 0.222 e. The second-order valence-corrected chi connectivity index (χ2v) is 12.1. The number of allylic oxidation sites excluding steroid dienone is 4. The zero-order valence-corrected chi connectivity index (χ0v) is 27.2. The van der Waals surface area contributed by atoms with Crippen molar-refractivity contribution in [2.24, 2.45) is 0 Å². The standard InChI is InChI=1S/C36H42ClN5O/c1-9-25-22(5)31-19-34-26(10-2)21(4)30(39-34)18-32-23(6)27(12-13-35(43)42(8)15-11-14-37)36(41-32)24(7)29-16-20(3)28(38-29)17-33(25)40-31/h10,16-19,38-39H,2,9,11-15H2,1,3-8H3. The third-order valence-electron chi connectivity index (χ3n) is 8.97. The van der Waals surface area contributed by atoms with Crippen molar-refractivity contribution in [1.82, 2.24) is 24.8 Å². The lowest BCUT2D eigenvalue weighted by atomic mass is 9.98. The van der Waals surface area contributed by atoms with Gasteiger partial charge in [0.15, 0.2) is 0 Å². The first-order chi connectivity index (χ1) is 20.6. The monoisotopic (exact) mass is 595 g/mol. The number of fused-ring (bicyclic) bond motifs is 8. The number of carbonyl (C=O) groups excluding carboxylic acids is 1. The molecule has 7 heteroatoms. The lowest BCUT2D eigenvalue weighted by Gasteiger charge is -2.17. The Morgan fingerprint density at radius 1 is 0.884 bits per heavy atom. The first kappa shape index (κ1) is 30.6. The zero-order valence-electron chi connectivity index (χ0n) is 26.5. The number of carbonyl (C=O) groups is 1. The highest BCUT2D eigenvalue weighted by Crippen LogP contribution is 2.37. The van der Waals surface area contributed by atoms with Gasteiger partial charge in [-0.15, -0.1) is 11.6 Å². The molecule has 8 bridgehead atoms. The van der Waals surface area contributed by atoms with Gasteiger partial charge in [0.25, 0.3) is 0 Å². The van der Waals surface area contributed by atoms with Gasteiger partial charge in [-0.25, -0.2) is 9.97 Å². The molecular formula is C36H42ClN5O. The number of nitrogens with one attached hydrogen (secondary N) is 2. The molecule has 0 aliphatic carbocycles. The summed E-state index contributed by atoms with van der Waals surface area (Å²) < 4.78 is 0. The Balaban J connectivity index is 1.78. The maximum absolute atomic E-state index is 13.0. The van der Waals surface area contributed by atoms with E-state index in [4.69, 9.17) is 21.6 Å². The minimum absolute atomic E-state index is 0.116. The van der Waals surface area contributed by atoms with Crippen LogP contribution in [0.15, 0.2) is 30.8 Å². The van der Waals surface area contributed by atoms with Crippen molar-refractivity contribution in [2.75, 3.05) is 19.5 Å². The quantitative estimate of drug-likeness (QED) is 0.255. The first-order valence-corrected chi connectivity index (χ1v) is 15.7. The molecule has 224 valence electrons. The van der Waals surface area contributed by atoms with Crippen LogP contribution in [0.1, 0.15) is 91.5 Å². The van der Waals surface area contributed by atoms with Crippen LogP contribution in [-0.4, -0.2) is 50.2 Å². The van der Waals surface area contributed by atoms with E-state index in [1.54, 1.807) is 4.90 Å². The summed E-state index contributed by atoms with van der Waals surface area (Å²) in [4.78, 5) is 32.4.